The summed E-state index contributed by atoms with van der Waals surface area (Å²) in [7, 11) is 0. The van der Waals surface area contributed by atoms with Gasteiger partial charge in [0, 0.05) is 24.2 Å². The smallest absolute Gasteiger partial charge is 0.227 e. The van der Waals surface area contributed by atoms with Gasteiger partial charge < -0.3 is 10.2 Å². The van der Waals surface area contributed by atoms with Crippen molar-refractivity contribution in [3.8, 4) is 0 Å². The molecule has 0 spiro atoms. The van der Waals surface area contributed by atoms with E-state index in [2.05, 4.69) is 12.2 Å². The predicted octanol–water partition coefficient (Wildman–Crippen LogP) is 2.91. The van der Waals surface area contributed by atoms with Crippen LogP contribution >= 0.6 is 0 Å². The van der Waals surface area contributed by atoms with Gasteiger partial charge in [-0.3, -0.25) is 9.59 Å². The van der Waals surface area contributed by atoms with Crippen LogP contribution in [0.1, 0.15) is 46.1 Å². The molecule has 0 unspecified atom stereocenters. The molecule has 120 valence electrons. The minimum absolute atomic E-state index is 0.0205. The molecule has 1 aromatic carbocycles. The number of hydrogen-bond donors (Lipinski definition) is 1. The Morgan fingerprint density at radius 3 is 2.45 bits per heavy atom. The first-order chi connectivity index (χ1) is 10.4. The summed E-state index contributed by atoms with van der Waals surface area (Å²) in [4.78, 5) is 26.3. The van der Waals surface area contributed by atoms with Gasteiger partial charge in [-0.15, -0.1) is 0 Å². The van der Waals surface area contributed by atoms with Gasteiger partial charge in [-0.25, -0.2) is 0 Å². The highest BCUT2D eigenvalue weighted by Gasteiger charge is 2.36. The molecule has 1 heterocycles. The van der Waals surface area contributed by atoms with Gasteiger partial charge in [-0.1, -0.05) is 26.0 Å². The van der Waals surface area contributed by atoms with E-state index in [0.717, 1.165) is 18.5 Å². The molecule has 1 aromatic rings. The van der Waals surface area contributed by atoms with E-state index in [1.165, 1.54) is 5.56 Å². The molecule has 1 N–H and O–H groups in total. The molecule has 0 bridgehead atoms. The Bertz CT molecular complexity index is 549. The highest BCUT2D eigenvalue weighted by atomic mass is 16.2. The Labute approximate surface area is 132 Å². The zero-order valence-corrected chi connectivity index (χ0v) is 14.0. The van der Waals surface area contributed by atoms with Crippen molar-refractivity contribution in [1.29, 1.82) is 0 Å². The number of nitrogens with zero attached hydrogens (tertiary/aromatic N) is 1. The molecular weight excluding hydrogens is 276 g/mol. The number of rotatable bonds is 5. The largest absolute Gasteiger partial charge is 0.351 e. The van der Waals surface area contributed by atoms with Crippen LogP contribution in [-0.2, 0) is 16.0 Å². The van der Waals surface area contributed by atoms with Crippen molar-refractivity contribution in [2.45, 2.75) is 52.5 Å². The van der Waals surface area contributed by atoms with E-state index in [9.17, 15) is 9.59 Å². The summed E-state index contributed by atoms with van der Waals surface area (Å²) in [5.41, 5.74) is 1.90. The van der Waals surface area contributed by atoms with Crippen LogP contribution in [-0.4, -0.2) is 23.9 Å². The van der Waals surface area contributed by atoms with Crippen LogP contribution in [0.5, 0.6) is 0 Å². The topological polar surface area (TPSA) is 49.4 Å². The van der Waals surface area contributed by atoms with Crippen molar-refractivity contribution in [3.05, 3.63) is 29.8 Å². The third kappa shape index (κ3) is 3.67. The first-order valence-corrected chi connectivity index (χ1v) is 8.07. The van der Waals surface area contributed by atoms with Gasteiger partial charge >= 0.3 is 0 Å². The summed E-state index contributed by atoms with van der Waals surface area (Å²) in [5, 5.41) is 3.04. The van der Waals surface area contributed by atoms with Gasteiger partial charge in [0.25, 0.3) is 0 Å². The lowest BCUT2D eigenvalue weighted by Gasteiger charge is -2.26. The van der Waals surface area contributed by atoms with Crippen LogP contribution < -0.4 is 10.2 Å². The maximum absolute atomic E-state index is 12.4. The molecule has 1 aliphatic rings. The molecule has 4 nitrogen and oxygen atoms in total. The number of amides is 2. The van der Waals surface area contributed by atoms with E-state index in [4.69, 9.17) is 0 Å². The molecule has 2 rings (SSSR count). The van der Waals surface area contributed by atoms with Gasteiger partial charge in [-0.05, 0) is 44.4 Å². The fourth-order valence-corrected chi connectivity index (χ4v) is 2.57. The first kappa shape index (κ1) is 16.5. The van der Waals surface area contributed by atoms with Gasteiger partial charge in [0.15, 0.2) is 0 Å². The molecule has 1 fully saturated rings. The Morgan fingerprint density at radius 1 is 1.27 bits per heavy atom. The molecule has 4 heteroatoms. The number of carbonyl (C=O) groups is 2. The summed E-state index contributed by atoms with van der Waals surface area (Å²) < 4.78 is 0. The standard InChI is InChI=1S/C18H26N2O2/c1-5-13-7-9-15(10-8-13)20-12-14(11-16(20)21)17(22)19-18(3,4)6-2/h7-10,14H,5-6,11-12H2,1-4H3,(H,19,22)/t14-/m1/s1. The highest BCUT2D eigenvalue weighted by molar-refractivity contribution is 6.00. The molecule has 0 aromatic heterocycles. The van der Waals surface area contributed by atoms with Crippen LogP contribution in [0, 0.1) is 5.92 Å². The maximum Gasteiger partial charge on any atom is 0.227 e. The summed E-state index contributed by atoms with van der Waals surface area (Å²) in [6.07, 6.45) is 2.13. The molecule has 1 atom stereocenters. The Hall–Kier alpha value is -1.84. The van der Waals surface area contributed by atoms with Crippen molar-refractivity contribution >= 4 is 17.5 Å². The molecule has 2 amide bonds. The fraction of sp³-hybridized carbons (Fsp3) is 0.556. The second-order valence-electron chi connectivity index (χ2n) is 6.65. The molecule has 0 radical (unpaired) electrons. The number of nitrogens with one attached hydrogen (secondary N) is 1. The van der Waals surface area contributed by atoms with Crippen molar-refractivity contribution in [2.75, 3.05) is 11.4 Å². The minimum atomic E-state index is -0.260. The van der Waals surface area contributed by atoms with Crippen molar-refractivity contribution in [2.24, 2.45) is 5.92 Å². The normalized spacial score (nSPS) is 18.6. The second kappa shape index (κ2) is 6.51. The lowest BCUT2D eigenvalue weighted by atomic mass is 9.99. The number of hydrogen-bond acceptors (Lipinski definition) is 2. The highest BCUT2D eigenvalue weighted by Crippen LogP contribution is 2.26. The monoisotopic (exact) mass is 302 g/mol. The third-order valence-corrected chi connectivity index (χ3v) is 4.50. The lowest BCUT2D eigenvalue weighted by Crippen LogP contribution is -2.46. The van der Waals surface area contributed by atoms with Crippen LogP contribution in [0.4, 0.5) is 5.69 Å². The van der Waals surface area contributed by atoms with E-state index in [-0.39, 0.29) is 23.3 Å². The van der Waals surface area contributed by atoms with Crippen LogP contribution in [0.15, 0.2) is 24.3 Å². The zero-order valence-electron chi connectivity index (χ0n) is 14.0. The van der Waals surface area contributed by atoms with E-state index in [1.54, 1.807) is 4.90 Å². The van der Waals surface area contributed by atoms with Crippen molar-refractivity contribution in [1.82, 2.24) is 5.32 Å². The summed E-state index contributed by atoms with van der Waals surface area (Å²) in [6, 6.07) is 8.01. The maximum atomic E-state index is 12.4. The average Bonchev–Trinajstić information content (AvgIpc) is 2.89. The number of aryl methyl sites for hydroxylation is 1. The van der Waals surface area contributed by atoms with E-state index in [1.807, 2.05) is 45.0 Å². The average molecular weight is 302 g/mol. The second-order valence-corrected chi connectivity index (χ2v) is 6.65. The lowest BCUT2D eigenvalue weighted by molar-refractivity contribution is -0.127. The van der Waals surface area contributed by atoms with Crippen LogP contribution in [0.3, 0.4) is 0 Å². The fourth-order valence-electron chi connectivity index (χ4n) is 2.57. The molecular formula is C18H26N2O2. The SMILES string of the molecule is CCc1ccc(N2C[C@H](C(=O)NC(C)(C)CC)CC2=O)cc1. The number of benzene rings is 1. The van der Waals surface area contributed by atoms with Crippen LogP contribution in [0.25, 0.3) is 0 Å². The summed E-state index contributed by atoms with van der Waals surface area (Å²) in [5.74, 6) is -0.254. The predicted molar refractivity (Wildman–Crippen MR) is 88.8 cm³/mol. The Morgan fingerprint density at radius 2 is 1.91 bits per heavy atom. The van der Waals surface area contributed by atoms with Gasteiger partial charge in [0.2, 0.25) is 11.8 Å². The molecule has 22 heavy (non-hydrogen) atoms. The van der Waals surface area contributed by atoms with E-state index < -0.39 is 0 Å². The Balaban J connectivity index is 2.05. The Kier molecular flexibility index (Phi) is 4.89. The quantitative estimate of drug-likeness (QED) is 0.909. The molecule has 0 saturated carbocycles. The van der Waals surface area contributed by atoms with Gasteiger partial charge in [0.1, 0.15) is 0 Å². The van der Waals surface area contributed by atoms with Crippen LogP contribution in [0.2, 0.25) is 0 Å². The van der Waals surface area contributed by atoms with Gasteiger partial charge in [0.05, 0.1) is 5.92 Å². The minimum Gasteiger partial charge on any atom is -0.351 e. The van der Waals surface area contributed by atoms with Crippen molar-refractivity contribution in [3.63, 3.8) is 0 Å². The first-order valence-electron chi connectivity index (χ1n) is 8.07. The zero-order chi connectivity index (χ0) is 16.3. The number of anilines is 1. The van der Waals surface area contributed by atoms with Crippen molar-refractivity contribution < 1.29 is 9.59 Å². The summed E-state index contributed by atoms with van der Waals surface area (Å²) >= 11 is 0. The summed E-state index contributed by atoms with van der Waals surface area (Å²) in [6.45, 7) is 8.62. The van der Waals surface area contributed by atoms with E-state index in [0.29, 0.717) is 13.0 Å². The third-order valence-electron chi connectivity index (χ3n) is 4.50. The van der Waals surface area contributed by atoms with Gasteiger partial charge in [-0.2, -0.15) is 0 Å². The number of carbonyl (C=O) groups excluding carboxylic acids is 2. The molecule has 1 saturated heterocycles. The molecule has 1 aliphatic heterocycles. The van der Waals surface area contributed by atoms with E-state index >= 15 is 0 Å². The molecule has 0 aliphatic carbocycles.